The summed E-state index contributed by atoms with van der Waals surface area (Å²) in [7, 11) is 0. The van der Waals surface area contributed by atoms with E-state index < -0.39 is 11.0 Å². The molecular weight excluding hydrogens is 266 g/mol. The molecule has 1 unspecified atom stereocenters. The number of rotatable bonds is 4. The van der Waals surface area contributed by atoms with Gasteiger partial charge in [-0.1, -0.05) is 12.2 Å². The van der Waals surface area contributed by atoms with Crippen LogP contribution in [-0.4, -0.2) is 41.7 Å². The molecule has 1 aliphatic heterocycles. The Hall–Kier alpha value is -0.580. The number of hydrogen-bond acceptors (Lipinski definition) is 3. The van der Waals surface area contributed by atoms with Gasteiger partial charge in [0.15, 0.2) is 6.10 Å². The van der Waals surface area contributed by atoms with E-state index in [1.54, 1.807) is 0 Å². The number of carbonyl (C=O) groups excluding carboxylic acids is 1. The summed E-state index contributed by atoms with van der Waals surface area (Å²) in [4.78, 5) is 11.3. The van der Waals surface area contributed by atoms with Crippen LogP contribution >= 0.6 is 11.6 Å². The van der Waals surface area contributed by atoms with Crippen LogP contribution in [0.3, 0.4) is 0 Å². The first kappa shape index (κ1) is 16.5. The van der Waals surface area contributed by atoms with E-state index >= 15 is 0 Å². The van der Waals surface area contributed by atoms with Crippen molar-refractivity contribution in [1.82, 2.24) is 5.32 Å². The molecule has 0 radical (unpaired) electrons. The molecule has 0 aromatic carbocycles. The van der Waals surface area contributed by atoms with E-state index in [1.165, 1.54) is 0 Å². The molecule has 1 heterocycles. The van der Waals surface area contributed by atoms with E-state index in [0.717, 1.165) is 0 Å². The van der Waals surface area contributed by atoms with Crippen LogP contribution in [0.1, 0.15) is 34.6 Å². The van der Waals surface area contributed by atoms with Crippen LogP contribution in [0, 0.1) is 0 Å². The second-order valence-electron chi connectivity index (χ2n) is 5.96. The Bertz CT molecular complexity index is 347. The number of allylic oxidation sites excluding steroid dienone is 1. The van der Waals surface area contributed by atoms with Gasteiger partial charge in [-0.3, -0.25) is 4.79 Å². The van der Waals surface area contributed by atoms with E-state index in [9.17, 15) is 4.79 Å². The van der Waals surface area contributed by atoms with Gasteiger partial charge in [0, 0.05) is 0 Å². The highest BCUT2D eigenvalue weighted by molar-refractivity contribution is 6.25. The predicted octanol–water partition coefficient (Wildman–Crippen LogP) is 2.26. The van der Waals surface area contributed by atoms with E-state index in [0.29, 0.717) is 6.61 Å². The molecule has 1 N–H and O–H groups in total. The second-order valence-corrected chi connectivity index (χ2v) is 6.77. The monoisotopic (exact) mass is 289 g/mol. The SMILES string of the molecule is C/C=C\C(C)(Cl)[C@@H]1CO[C@@H](COC(C)(C)C)C(=O)N1. The zero-order valence-electron chi connectivity index (χ0n) is 12.3. The molecule has 0 saturated carbocycles. The molecule has 3 atom stereocenters. The fourth-order valence-corrected chi connectivity index (χ4v) is 2.03. The summed E-state index contributed by atoms with van der Waals surface area (Å²) in [6, 6.07) is -0.233. The molecular formula is C14H24ClNO3. The number of alkyl halides is 1. The van der Waals surface area contributed by atoms with Crippen LogP contribution in [0.25, 0.3) is 0 Å². The number of hydrogen-bond donors (Lipinski definition) is 1. The summed E-state index contributed by atoms with van der Waals surface area (Å²) in [6.45, 7) is 10.2. The molecule has 19 heavy (non-hydrogen) atoms. The van der Waals surface area contributed by atoms with Crippen LogP contribution in [0.5, 0.6) is 0 Å². The quantitative estimate of drug-likeness (QED) is 0.638. The van der Waals surface area contributed by atoms with Gasteiger partial charge >= 0.3 is 0 Å². The molecule has 0 aliphatic carbocycles. The molecule has 1 saturated heterocycles. The van der Waals surface area contributed by atoms with Crippen molar-refractivity contribution in [3.63, 3.8) is 0 Å². The van der Waals surface area contributed by atoms with E-state index in [1.807, 2.05) is 46.8 Å². The third-order valence-electron chi connectivity index (χ3n) is 2.91. The second kappa shape index (κ2) is 6.25. The van der Waals surface area contributed by atoms with Crippen molar-refractivity contribution in [3.05, 3.63) is 12.2 Å². The van der Waals surface area contributed by atoms with Crippen LogP contribution in [0.4, 0.5) is 0 Å². The summed E-state index contributed by atoms with van der Waals surface area (Å²) in [6.07, 6.45) is 3.16. The van der Waals surface area contributed by atoms with Crippen LogP contribution < -0.4 is 5.32 Å². The highest BCUT2D eigenvalue weighted by Gasteiger charge is 2.38. The maximum Gasteiger partial charge on any atom is 0.251 e. The molecule has 5 heteroatoms. The lowest BCUT2D eigenvalue weighted by Crippen LogP contribution is -2.59. The third kappa shape index (κ3) is 5.13. The Morgan fingerprint density at radius 1 is 1.47 bits per heavy atom. The minimum Gasteiger partial charge on any atom is -0.373 e. The maximum atomic E-state index is 12.0. The number of halogens is 1. The maximum absolute atomic E-state index is 12.0. The van der Waals surface area contributed by atoms with Crippen molar-refractivity contribution < 1.29 is 14.3 Å². The number of ether oxygens (including phenoxy) is 2. The minimum atomic E-state index is -0.639. The van der Waals surface area contributed by atoms with Crippen molar-refractivity contribution >= 4 is 17.5 Å². The molecule has 1 fully saturated rings. The zero-order valence-corrected chi connectivity index (χ0v) is 13.1. The Labute approximate surface area is 120 Å². The van der Waals surface area contributed by atoms with Gasteiger partial charge in [-0.2, -0.15) is 0 Å². The lowest BCUT2D eigenvalue weighted by molar-refractivity contribution is -0.151. The number of morpholine rings is 1. The lowest BCUT2D eigenvalue weighted by Gasteiger charge is -2.36. The molecule has 0 aromatic heterocycles. The number of carbonyl (C=O) groups is 1. The fraction of sp³-hybridized carbons (Fsp3) is 0.786. The number of amides is 1. The largest absolute Gasteiger partial charge is 0.373 e. The zero-order chi connectivity index (χ0) is 14.7. The van der Waals surface area contributed by atoms with E-state index in [4.69, 9.17) is 21.1 Å². The molecule has 110 valence electrons. The topological polar surface area (TPSA) is 47.6 Å². The highest BCUT2D eigenvalue weighted by Crippen LogP contribution is 2.24. The van der Waals surface area contributed by atoms with Gasteiger partial charge in [-0.05, 0) is 34.6 Å². The van der Waals surface area contributed by atoms with Crippen molar-refractivity contribution in [2.24, 2.45) is 0 Å². The van der Waals surface area contributed by atoms with Gasteiger partial charge in [-0.25, -0.2) is 0 Å². The predicted molar refractivity (Wildman–Crippen MR) is 76.4 cm³/mol. The molecule has 1 rings (SSSR count). The average Bonchev–Trinajstić information content (AvgIpc) is 2.26. The van der Waals surface area contributed by atoms with Gasteiger partial charge in [0.25, 0.3) is 5.91 Å². The van der Waals surface area contributed by atoms with Crippen LogP contribution in [0.15, 0.2) is 12.2 Å². The van der Waals surface area contributed by atoms with Gasteiger partial charge in [0.2, 0.25) is 0 Å². The van der Waals surface area contributed by atoms with E-state index in [2.05, 4.69) is 5.32 Å². The number of nitrogens with one attached hydrogen (secondary N) is 1. The van der Waals surface area contributed by atoms with Crippen molar-refractivity contribution in [2.75, 3.05) is 13.2 Å². The normalized spacial score (nSPS) is 28.2. The molecule has 0 bridgehead atoms. The van der Waals surface area contributed by atoms with Crippen molar-refractivity contribution in [1.29, 1.82) is 0 Å². The Kier molecular flexibility index (Phi) is 5.42. The Balaban J connectivity index is 2.55. The minimum absolute atomic E-state index is 0.170. The highest BCUT2D eigenvalue weighted by atomic mass is 35.5. The lowest BCUT2D eigenvalue weighted by atomic mass is 9.99. The third-order valence-corrected chi connectivity index (χ3v) is 3.30. The Morgan fingerprint density at radius 3 is 2.58 bits per heavy atom. The first-order valence-electron chi connectivity index (χ1n) is 6.54. The smallest absolute Gasteiger partial charge is 0.251 e. The van der Waals surface area contributed by atoms with Crippen molar-refractivity contribution in [2.45, 2.75) is 57.2 Å². The summed E-state index contributed by atoms with van der Waals surface area (Å²) >= 11 is 6.37. The van der Waals surface area contributed by atoms with Crippen LogP contribution in [0.2, 0.25) is 0 Å². The van der Waals surface area contributed by atoms with E-state index in [-0.39, 0.29) is 24.2 Å². The summed E-state index contributed by atoms with van der Waals surface area (Å²) in [5.41, 5.74) is -0.285. The van der Waals surface area contributed by atoms with Crippen molar-refractivity contribution in [3.8, 4) is 0 Å². The molecule has 0 spiro atoms. The molecule has 1 amide bonds. The Morgan fingerprint density at radius 2 is 2.11 bits per heavy atom. The standard InChI is InChI=1S/C14H24ClNO3/c1-6-7-14(5,15)11-9-18-10(12(17)16-11)8-19-13(2,3)4/h6-7,10-11H,8-9H2,1-5H3,(H,16,17)/b7-6-/t10-,11-,14?/m0/s1. The first-order chi connectivity index (χ1) is 8.65. The molecule has 4 nitrogen and oxygen atoms in total. The van der Waals surface area contributed by atoms with Gasteiger partial charge in [-0.15, -0.1) is 11.6 Å². The summed E-state index contributed by atoms with van der Waals surface area (Å²) in [5.74, 6) is -0.170. The summed E-state index contributed by atoms with van der Waals surface area (Å²) < 4.78 is 11.2. The first-order valence-corrected chi connectivity index (χ1v) is 6.92. The summed E-state index contributed by atoms with van der Waals surface area (Å²) in [5, 5.41) is 2.90. The van der Waals surface area contributed by atoms with Gasteiger partial charge in [0.05, 0.1) is 29.7 Å². The fourth-order valence-electron chi connectivity index (χ4n) is 1.79. The van der Waals surface area contributed by atoms with Gasteiger partial charge < -0.3 is 14.8 Å². The molecule has 1 aliphatic rings. The van der Waals surface area contributed by atoms with Gasteiger partial charge in [0.1, 0.15) is 0 Å². The average molecular weight is 290 g/mol. The molecule has 0 aromatic rings. The van der Waals surface area contributed by atoms with Crippen LogP contribution in [-0.2, 0) is 14.3 Å².